The molecule has 8 heteroatoms. The van der Waals surface area contributed by atoms with Gasteiger partial charge in [0.15, 0.2) is 9.84 Å². The number of fused-ring (bicyclic) bond motifs is 1. The van der Waals surface area contributed by atoms with Crippen LogP contribution in [0, 0.1) is 5.82 Å². The number of sulfone groups is 1. The largest absolute Gasteiger partial charge is 0.322 e. The zero-order chi connectivity index (χ0) is 20.6. The Morgan fingerprint density at radius 3 is 2.62 bits per heavy atom. The number of aromatic nitrogens is 1. The minimum atomic E-state index is -3.46. The molecule has 0 unspecified atom stereocenters. The number of benzene rings is 2. The Morgan fingerprint density at radius 1 is 1.03 bits per heavy atom. The van der Waals surface area contributed by atoms with Gasteiger partial charge in [0, 0.05) is 48.6 Å². The van der Waals surface area contributed by atoms with Crippen LogP contribution in [-0.2, 0) is 22.9 Å². The van der Waals surface area contributed by atoms with Gasteiger partial charge in [0.2, 0.25) is 0 Å². The van der Waals surface area contributed by atoms with Crippen LogP contribution in [0.4, 0.5) is 10.1 Å². The van der Waals surface area contributed by atoms with E-state index in [9.17, 15) is 17.6 Å². The summed E-state index contributed by atoms with van der Waals surface area (Å²) >= 11 is 0. The van der Waals surface area contributed by atoms with E-state index in [2.05, 4.69) is 15.6 Å². The first kappa shape index (κ1) is 19.2. The monoisotopic (exact) mass is 411 g/mol. The van der Waals surface area contributed by atoms with Crippen molar-refractivity contribution in [3.63, 3.8) is 0 Å². The number of halogens is 1. The van der Waals surface area contributed by atoms with E-state index in [0.29, 0.717) is 16.8 Å². The third-order valence-corrected chi connectivity index (χ3v) is 5.81. The van der Waals surface area contributed by atoms with Crippen LogP contribution < -0.4 is 10.6 Å². The lowest BCUT2D eigenvalue weighted by Crippen LogP contribution is -2.12. The van der Waals surface area contributed by atoms with Gasteiger partial charge in [-0.25, -0.2) is 12.8 Å². The number of hydrogen-bond acceptors (Lipinski definition) is 5. The van der Waals surface area contributed by atoms with Crippen molar-refractivity contribution >= 4 is 21.4 Å². The average Bonchev–Trinajstić information content (AvgIpc) is 3.15. The summed E-state index contributed by atoms with van der Waals surface area (Å²) in [4.78, 5) is 16.6. The molecule has 0 radical (unpaired) electrons. The molecule has 0 spiro atoms. The number of nitrogens with zero attached hydrogens (tertiary/aromatic N) is 1. The molecule has 0 atom stereocenters. The Bertz CT molecular complexity index is 1230. The van der Waals surface area contributed by atoms with Gasteiger partial charge < -0.3 is 10.6 Å². The number of carbonyl (C=O) groups excluding carboxylic acids is 1. The SMILES string of the molecule is CS(=O)(=O)c1cncc(-c2cc(F)cc(C(=O)Nc3ccc4c(c3)CNC4)c2)c1. The summed E-state index contributed by atoms with van der Waals surface area (Å²) in [6.45, 7) is 1.55. The average molecular weight is 411 g/mol. The smallest absolute Gasteiger partial charge is 0.255 e. The molecule has 4 rings (SSSR count). The third-order valence-electron chi connectivity index (χ3n) is 4.73. The van der Waals surface area contributed by atoms with Crippen LogP contribution in [0.3, 0.4) is 0 Å². The molecule has 29 heavy (non-hydrogen) atoms. The Kier molecular flexibility index (Phi) is 4.89. The summed E-state index contributed by atoms with van der Waals surface area (Å²) in [7, 11) is -3.46. The molecule has 0 saturated heterocycles. The van der Waals surface area contributed by atoms with Gasteiger partial charge in [-0.05, 0) is 53.1 Å². The Labute approximate surface area is 167 Å². The molecule has 6 nitrogen and oxygen atoms in total. The lowest BCUT2D eigenvalue weighted by atomic mass is 10.0. The second-order valence-electron chi connectivity index (χ2n) is 6.95. The highest BCUT2D eigenvalue weighted by Crippen LogP contribution is 2.25. The van der Waals surface area contributed by atoms with Crippen molar-refractivity contribution in [1.82, 2.24) is 10.3 Å². The van der Waals surface area contributed by atoms with Gasteiger partial charge in [0.1, 0.15) is 5.82 Å². The van der Waals surface area contributed by atoms with Gasteiger partial charge in [0.25, 0.3) is 5.91 Å². The molecule has 1 aromatic heterocycles. The fourth-order valence-corrected chi connectivity index (χ4v) is 3.84. The number of rotatable bonds is 4. The standard InChI is InChI=1S/C21H18FN3O3S/c1-29(27,28)20-8-17(11-24-12-20)14-4-15(6-18(22)5-14)21(26)25-19-3-2-13-9-23-10-16(13)7-19/h2-8,11-12,23H,9-10H2,1H3,(H,25,26). The van der Waals surface area contributed by atoms with Crippen molar-refractivity contribution in [2.45, 2.75) is 18.0 Å². The number of amides is 1. The highest BCUT2D eigenvalue weighted by Gasteiger charge is 2.15. The van der Waals surface area contributed by atoms with E-state index in [1.165, 1.54) is 36.2 Å². The van der Waals surface area contributed by atoms with E-state index < -0.39 is 21.6 Å². The first-order chi connectivity index (χ1) is 13.8. The number of nitrogens with one attached hydrogen (secondary N) is 2. The lowest BCUT2D eigenvalue weighted by Gasteiger charge is -2.10. The van der Waals surface area contributed by atoms with Crippen molar-refractivity contribution in [3.05, 3.63) is 77.4 Å². The van der Waals surface area contributed by atoms with Crippen molar-refractivity contribution in [3.8, 4) is 11.1 Å². The minimum Gasteiger partial charge on any atom is -0.322 e. The van der Waals surface area contributed by atoms with Crippen LogP contribution in [0.25, 0.3) is 11.1 Å². The topological polar surface area (TPSA) is 88.2 Å². The van der Waals surface area contributed by atoms with Gasteiger partial charge in [-0.1, -0.05) is 6.07 Å². The van der Waals surface area contributed by atoms with E-state index in [1.54, 1.807) is 0 Å². The zero-order valence-corrected chi connectivity index (χ0v) is 16.4. The van der Waals surface area contributed by atoms with Crippen LogP contribution >= 0.6 is 0 Å². The molecule has 2 N–H and O–H groups in total. The molecule has 0 aliphatic carbocycles. The van der Waals surface area contributed by atoms with Crippen molar-refractivity contribution in [2.75, 3.05) is 11.6 Å². The fraction of sp³-hybridized carbons (Fsp3) is 0.143. The summed E-state index contributed by atoms with van der Waals surface area (Å²) in [5.74, 6) is -1.06. The second-order valence-corrected chi connectivity index (χ2v) is 8.97. The number of pyridine rings is 1. The van der Waals surface area contributed by atoms with E-state index in [1.807, 2.05) is 18.2 Å². The van der Waals surface area contributed by atoms with Crippen LogP contribution in [0.15, 0.2) is 59.8 Å². The number of hydrogen-bond donors (Lipinski definition) is 2. The number of carbonyl (C=O) groups is 1. The van der Waals surface area contributed by atoms with Gasteiger partial charge in [-0.2, -0.15) is 0 Å². The van der Waals surface area contributed by atoms with Crippen LogP contribution in [0.5, 0.6) is 0 Å². The molecule has 148 valence electrons. The first-order valence-corrected chi connectivity index (χ1v) is 10.8. The van der Waals surface area contributed by atoms with Crippen molar-refractivity contribution < 1.29 is 17.6 Å². The molecule has 0 saturated carbocycles. The van der Waals surface area contributed by atoms with Gasteiger partial charge in [-0.15, -0.1) is 0 Å². The molecule has 2 aromatic carbocycles. The quantitative estimate of drug-likeness (QED) is 0.689. The normalized spacial score (nSPS) is 13.2. The molecular weight excluding hydrogens is 393 g/mol. The Balaban J connectivity index is 1.64. The maximum absolute atomic E-state index is 14.2. The molecule has 0 bridgehead atoms. The fourth-order valence-electron chi connectivity index (χ4n) is 3.24. The summed E-state index contributed by atoms with van der Waals surface area (Å²) in [6, 6.07) is 11.0. The second kappa shape index (κ2) is 7.38. The van der Waals surface area contributed by atoms with Gasteiger partial charge >= 0.3 is 0 Å². The zero-order valence-electron chi connectivity index (χ0n) is 15.6. The Morgan fingerprint density at radius 2 is 1.83 bits per heavy atom. The first-order valence-electron chi connectivity index (χ1n) is 8.89. The summed E-state index contributed by atoms with van der Waals surface area (Å²) in [6.07, 6.45) is 3.73. The van der Waals surface area contributed by atoms with Crippen LogP contribution in [0.1, 0.15) is 21.5 Å². The predicted molar refractivity (Wildman–Crippen MR) is 108 cm³/mol. The maximum Gasteiger partial charge on any atom is 0.255 e. The number of anilines is 1. The molecule has 3 aromatic rings. The predicted octanol–water partition coefficient (Wildman–Crippen LogP) is 3.15. The Hall–Kier alpha value is -3.10. The highest BCUT2D eigenvalue weighted by atomic mass is 32.2. The summed E-state index contributed by atoms with van der Waals surface area (Å²) < 4.78 is 37.7. The van der Waals surface area contributed by atoms with Crippen molar-refractivity contribution in [1.29, 1.82) is 0 Å². The molecule has 1 aliphatic heterocycles. The van der Waals surface area contributed by atoms with Crippen LogP contribution in [-0.4, -0.2) is 25.6 Å². The lowest BCUT2D eigenvalue weighted by molar-refractivity contribution is 0.102. The summed E-state index contributed by atoms with van der Waals surface area (Å²) in [5, 5.41) is 6.02. The minimum absolute atomic E-state index is 0.0250. The molecule has 1 aliphatic rings. The van der Waals surface area contributed by atoms with E-state index in [-0.39, 0.29) is 10.5 Å². The molecule has 2 heterocycles. The molecule has 0 fully saturated rings. The van der Waals surface area contributed by atoms with Gasteiger partial charge in [-0.3, -0.25) is 9.78 Å². The highest BCUT2D eigenvalue weighted by molar-refractivity contribution is 7.90. The third kappa shape index (κ3) is 4.18. The van der Waals surface area contributed by atoms with E-state index in [4.69, 9.17) is 0 Å². The van der Waals surface area contributed by atoms with E-state index >= 15 is 0 Å². The van der Waals surface area contributed by atoms with Crippen LogP contribution in [0.2, 0.25) is 0 Å². The van der Waals surface area contributed by atoms with Crippen molar-refractivity contribution in [2.24, 2.45) is 0 Å². The molecular formula is C21H18FN3O3S. The molecule has 1 amide bonds. The summed E-state index contributed by atoms with van der Waals surface area (Å²) in [5.41, 5.74) is 3.84. The maximum atomic E-state index is 14.2. The van der Waals surface area contributed by atoms with Gasteiger partial charge in [0.05, 0.1) is 4.90 Å². The van der Waals surface area contributed by atoms with E-state index in [0.717, 1.165) is 31.0 Å².